The van der Waals surface area contributed by atoms with Gasteiger partial charge in [-0.3, -0.25) is 0 Å². The monoisotopic (exact) mass is 266 g/mol. The van der Waals surface area contributed by atoms with Crippen LogP contribution >= 0.6 is 0 Å². The summed E-state index contributed by atoms with van der Waals surface area (Å²) >= 11 is 0. The molecule has 0 spiro atoms. The van der Waals surface area contributed by atoms with Gasteiger partial charge in [-0.1, -0.05) is 33.6 Å². The molecule has 0 radical (unpaired) electrons. The van der Waals surface area contributed by atoms with Crippen LogP contribution in [0.4, 0.5) is 0 Å². The number of hydrogen-bond donors (Lipinski definition) is 1. The number of piperidine rings is 1. The van der Waals surface area contributed by atoms with Crippen molar-refractivity contribution in [2.75, 3.05) is 26.2 Å². The third-order valence-corrected chi connectivity index (χ3v) is 5.27. The summed E-state index contributed by atoms with van der Waals surface area (Å²) in [6.07, 6.45) is 8.54. The minimum absolute atomic E-state index is 0.762. The molecule has 2 rings (SSSR count). The van der Waals surface area contributed by atoms with Gasteiger partial charge in [-0.05, 0) is 63.1 Å². The fourth-order valence-corrected chi connectivity index (χ4v) is 4.07. The Labute approximate surface area is 120 Å². The summed E-state index contributed by atoms with van der Waals surface area (Å²) in [7, 11) is 0. The van der Waals surface area contributed by atoms with E-state index >= 15 is 0 Å². The van der Waals surface area contributed by atoms with Crippen LogP contribution in [0.1, 0.15) is 59.3 Å². The molecule has 1 saturated heterocycles. The lowest BCUT2D eigenvalue weighted by molar-refractivity contribution is 0.175. The number of nitrogens with one attached hydrogen (secondary N) is 1. The van der Waals surface area contributed by atoms with E-state index < -0.39 is 0 Å². The summed E-state index contributed by atoms with van der Waals surface area (Å²) in [5.74, 6) is 2.52. The lowest BCUT2D eigenvalue weighted by atomic mass is 9.78. The van der Waals surface area contributed by atoms with Crippen molar-refractivity contribution in [3.63, 3.8) is 0 Å². The average molecular weight is 266 g/mol. The van der Waals surface area contributed by atoms with Crippen LogP contribution in [0.5, 0.6) is 0 Å². The van der Waals surface area contributed by atoms with E-state index in [1.165, 1.54) is 64.7 Å². The van der Waals surface area contributed by atoms with Gasteiger partial charge in [0, 0.05) is 12.6 Å². The Kier molecular flexibility index (Phi) is 6.15. The van der Waals surface area contributed by atoms with Crippen LogP contribution in [0.2, 0.25) is 0 Å². The van der Waals surface area contributed by atoms with E-state index in [-0.39, 0.29) is 0 Å². The Balaban J connectivity index is 1.68. The standard InChI is InChI=1S/C17H34N2/c1-14(13-19-10-5-4-6-11-19)12-18-17-15(2)8-7-9-16(17)3/h14-18H,4-13H2,1-3H3. The number of hydrogen-bond acceptors (Lipinski definition) is 2. The van der Waals surface area contributed by atoms with Gasteiger partial charge in [0.2, 0.25) is 0 Å². The predicted octanol–water partition coefficient (Wildman–Crippen LogP) is 3.52. The minimum Gasteiger partial charge on any atom is -0.313 e. The summed E-state index contributed by atoms with van der Waals surface area (Å²) in [6.45, 7) is 12.4. The van der Waals surface area contributed by atoms with Gasteiger partial charge in [0.25, 0.3) is 0 Å². The molecule has 0 aromatic rings. The van der Waals surface area contributed by atoms with E-state index in [9.17, 15) is 0 Å². The predicted molar refractivity (Wildman–Crippen MR) is 83.4 cm³/mol. The highest BCUT2D eigenvalue weighted by Crippen LogP contribution is 2.28. The summed E-state index contributed by atoms with van der Waals surface area (Å²) in [5.41, 5.74) is 0. The van der Waals surface area contributed by atoms with Crippen molar-refractivity contribution in [3.8, 4) is 0 Å². The molecule has 1 heterocycles. The van der Waals surface area contributed by atoms with Crippen molar-refractivity contribution in [2.45, 2.75) is 65.3 Å². The Morgan fingerprint density at radius 1 is 1.00 bits per heavy atom. The molecule has 2 aliphatic rings. The van der Waals surface area contributed by atoms with Gasteiger partial charge >= 0.3 is 0 Å². The summed E-state index contributed by atoms with van der Waals surface area (Å²) < 4.78 is 0. The largest absolute Gasteiger partial charge is 0.313 e. The van der Waals surface area contributed by atoms with Crippen molar-refractivity contribution in [2.24, 2.45) is 17.8 Å². The lowest BCUT2D eigenvalue weighted by Gasteiger charge is -2.36. The molecular formula is C17H34N2. The second-order valence-corrected chi connectivity index (χ2v) is 7.29. The maximum atomic E-state index is 3.88. The van der Waals surface area contributed by atoms with Crippen LogP contribution < -0.4 is 5.32 Å². The number of likely N-dealkylation sites (tertiary alicyclic amines) is 1. The lowest BCUT2D eigenvalue weighted by Crippen LogP contribution is -2.46. The van der Waals surface area contributed by atoms with E-state index in [0.29, 0.717) is 0 Å². The second kappa shape index (κ2) is 7.64. The van der Waals surface area contributed by atoms with Crippen LogP contribution in [0, 0.1) is 17.8 Å². The first-order chi connectivity index (χ1) is 9.16. The zero-order chi connectivity index (χ0) is 13.7. The first kappa shape index (κ1) is 15.3. The molecule has 0 bridgehead atoms. The second-order valence-electron chi connectivity index (χ2n) is 7.29. The smallest absolute Gasteiger partial charge is 0.0118 e. The van der Waals surface area contributed by atoms with Crippen LogP contribution in [0.25, 0.3) is 0 Å². The molecule has 112 valence electrons. The highest BCUT2D eigenvalue weighted by Gasteiger charge is 2.27. The molecule has 2 heteroatoms. The average Bonchev–Trinajstić information content (AvgIpc) is 2.39. The van der Waals surface area contributed by atoms with Crippen LogP contribution in [-0.2, 0) is 0 Å². The van der Waals surface area contributed by atoms with Gasteiger partial charge in [-0.15, -0.1) is 0 Å². The van der Waals surface area contributed by atoms with Gasteiger partial charge in [0.15, 0.2) is 0 Å². The van der Waals surface area contributed by atoms with Gasteiger partial charge in [0.1, 0.15) is 0 Å². The Hall–Kier alpha value is -0.0800. The maximum Gasteiger partial charge on any atom is 0.0118 e. The Morgan fingerprint density at radius 2 is 1.63 bits per heavy atom. The maximum absolute atomic E-state index is 3.88. The van der Waals surface area contributed by atoms with Crippen LogP contribution in [-0.4, -0.2) is 37.1 Å². The van der Waals surface area contributed by atoms with E-state index in [2.05, 4.69) is 31.0 Å². The van der Waals surface area contributed by atoms with Gasteiger partial charge in [-0.25, -0.2) is 0 Å². The molecule has 3 atom stereocenters. The molecule has 0 aromatic heterocycles. The van der Waals surface area contributed by atoms with Crippen molar-refractivity contribution >= 4 is 0 Å². The molecule has 1 aliphatic carbocycles. The minimum atomic E-state index is 0.762. The van der Waals surface area contributed by atoms with Crippen molar-refractivity contribution < 1.29 is 0 Å². The highest BCUT2D eigenvalue weighted by atomic mass is 15.1. The molecule has 0 aromatic carbocycles. The molecule has 1 saturated carbocycles. The van der Waals surface area contributed by atoms with Gasteiger partial charge in [-0.2, -0.15) is 0 Å². The molecule has 19 heavy (non-hydrogen) atoms. The molecule has 2 fully saturated rings. The Bertz CT molecular complexity index is 238. The zero-order valence-electron chi connectivity index (χ0n) is 13.3. The number of rotatable bonds is 5. The fourth-order valence-electron chi connectivity index (χ4n) is 4.07. The SMILES string of the molecule is CC(CNC1C(C)CCCC1C)CN1CCCCC1. The molecular weight excluding hydrogens is 232 g/mol. The molecule has 3 unspecified atom stereocenters. The summed E-state index contributed by atoms with van der Waals surface area (Å²) in [5, 5.41) is 3.88. The normalized spacial score (nSPS) is 35.2. The van der Waals surface area contributed by atoms with Crippen LogP contribution in [0.15, 0.2) is 0 Å². The summed E-state index contributed by atoms with van der Waals surface area (Å²) in [4.78, 5) is 2.67. The van der Waals surface area contributed by atoms with E-state index in [1.54, 1.807) is 0 Å². The van der Waals surface area contributed by atoms with Crippen molar-refractivity contribution in [1.82, 2.24) is 10.2 Å². The molecule has 0 amide bonds. The van der Waals surface area contributed by atoms with Crippen molar-refractivity contribution in [1.29, 1.82) is 0 Å². The molecule has 1 N–H and O–H groups in total. The zero-order valence-corrected chi connectivity index (χ0v) is 13.3. The Morgan fingerprint density at radius 3 is 2.26 bits per heavy atom. The molecule has 2 nitrogen and oxygen atoms in total. The van der Waals surface area contributed by atoms with Crippen LogP contribution in [0.3, 0.4) is 0 Å². The van der Waals surface area contributed by atoms with Crippen molar-refractivity contribution in [3.05, 3.63) is 0 Å². The first-order valence-electron chi connectivity index (χ1n) is 8.62. The number of nitrogens with zero attached hydrogens (tertiary/aromatic N) is 1. The first-order valence-corrected chi connectivity index (χ1v) is 8.62. The topological polar surface area (TPSA) is 15.3 Å². The van der Waals surface area contributed by atoms with E-state index in [1.807, 2.05) is 0 Å². The van der Waals surface area contributed by atoms with Gasteiger partial charge < -0.3 is 10.2 Å². The van der Waals surface area contributed by atoms with Gasteiger partial charge in [0.05, 0.1) is 0 Å². The highest BCUT2D eigenvalue weighted by molar-refractivity contribution is 4.84. The summed E-state index contributed by atoms with van der Waals surface area (Å²) in [6, 6.07) is 0.762. The third-order valence-electron chi connectivity index (χ3n) is 5.27. The molecule has 1 aliphatic heterocycles. The fraction of sp³-hybridized carbons (Fsp3) is 1.00. The third kappa shape index (κ3) is 4.75. The quantitative estimate of drug-likeness (QED) is 0.819. The van der Waals surface area contributed by atoms with E-state index in [0.717, 1.165) is 23.8 Å². The van der Waals surface area contributed by atoms with E-state index in [4.69, 9.17) is 0 Å².